The Morgan fingerprint density at radius 1 is 1.35 bits per heavy atom. The molecule has 104 valence electrons. The number of H-pyrrole nitrogens is 2. The molecule has 1 unspecified atom stereocenters. The van der Waals surface area contributed by atoms with E-state index in [9.17, 15) is 4.79 Å². The first-order valence-electron chi connectivity index (χ1n) is 5.88. The van der Waals surface area contributed by atoms with Gasteiger partial charge in [0.2, 0.25) is 0 Å². The smallest absolute Gasteiger partial charge is 0.320 e. The van der Waals surface area contributed by atoms with E-state index in [1.165, 1.54) is 0 Å². The Morgan fingerprint density at radius 2 is 2.00 bits per heavy atom. The minimum atomic E-state index is -0.335. The van der Waals surface area contributed by atoms with Gasteiger partial charge < -0.3 is 15.7 Å². The van der Waals surface area contributed by atoms with Crippen molar-refractivity contribution in [1.82, 2.24) is 9.97 Å². The second-order valence-electron chi connectivity index (χ2n) is 4.57. The summed E-state index contributed by atoms with van der Waals surface area (Å²) in [6.07, 6.45) is 0. The van der Waals surface area contributed by atoms with Gasteiger partial charge in [0.15, 0.2) is 0 Å². The standard InChI is InChI=1S/C13H11BrClN3OS/c1-5-4-20-12(10(5)15)11(16)6-2-8-9(3-7(6)14)18-13(19)17-8/h2-4,11H,16H2,1H3,(H2,17,18,19). The highest BCUT2D eigenvalue weighted by atomic mass is 79.9. The molecule has 4 N–H and O–H groups in total. The van der Waals surface area contributed by atoms with E-state index < -0.39 is 0 Å². The number of aromatic amines is 2. The van der Waals surface area contributed by atoms with Crippen LogP contribution in [0.15, 0.2) is 26.8 Å². The summed E-state index contributed by atoms with van der Waals surface area (Å²) in [5.74, 6) is 0. The highest BCUT2D eigenvalue weighted by Gasteiger charge is 2.19. The molecule has 0 spiro atoms. The summed E-state index contributed by atoms with van der Waals surface area (Å²) < 4.78 is 0.842. The van der Waals surface area contributed by atoms with Crippen LogP contribution in [0.2, 0.25) is 5.02 Å². The van der Waals surface area contributed by atoms with Gasteiger partial charge in [0, 0.05) is 9.35 Å². The zero-order valence-electron chi connectivity index (χ0n) is 10.5. The number of aromatic nitrogens is 2. The van der Waals surface area contributed by atoms with Gasteiger partial charge in [-0.25, -0.2) is 4.79 Å². The van der Waals surface area contributed by atoms with Gasteiger partial charge in [-0.1, -0.05) is 27.5 Å². The molecule has 0 saturated heterocycles. The molecule has 7 heteroatoms. The summed E-state index contributed by atoms with van der Waals surface area (Å²) >= 11 is 11.3. The molecule has 0 bridgehead atoms. The predicted octanol–water partition coefficient (Wildman–Crippen LogP) is 3.69. The molecule has 4 nitrogen and oxygen atoms in total. The van der Waals surface area contributed by atoms with E-state index in [1.54, 1.807) is 11.3 Å². The molecule has 1 aromatic carbocycles. The highest BCUT2D eigenvalue weighted by molar-refractivity contribution is 9.10. The van der Waals surface area contributed by atoms with Gasteiger partial charge in [0.05, 0.1) is 22.1 Å². The number of nitrogens with one attached hydrogen (secondary N) is 2. The van der Waals surface area contributed by atoms with Crippen molar-refractivity contribution in [2.24, 2.45) is 5.73 Å². The zero-order chi connectivity index (χ0) is 14.4. The fourth-order valence-corrected chi connectivity index (χ4v) is 4.03. The van der Waals surface area contributed by atoms with Gasteiger partial charge in [-0.3, -0.25) is 0 Å². The molecule has 0 saturated carbocycles. The maximum atomic E-state index is 11.3. The molecule has 3 rings (SSSR count). The van der Waals surface area contributed by atoms with Crippen molar-refractivity contribution in [1.29, 1.82) is 0 Å². The Labute approximate surface area is 132 Å². The fraction of sp³-hybridized carbons (Fsp3) is 0.154. The van der Waals surface area contributed by atoms with E-state index in [0.717, 1.165) is 31.5 Å². The Hall–Kier alpha value is -1.08. The predicted molar refractivity (Wildman–Crippen MR) is 86.7 cm³/mol. The van der Waals surface area contributed by atoms with E-state index in [0.29, 0.717) is 5.02 Å². The van der Waals surface area contributed by atoms with Gasteiger partial charge in [-0.15, -0.1) is 11.3 Å². The lowest BCUT2D eigenvalue weighted by Gasteiger charge is -2.13. The molecular formula is C13H11BrClN3OS. The minimum Gasteiger partial charge on any atom is -0.320 e. The van der Waals surface area contributed by atoms with Crippen LogP contribution < -0.4 is 11.4 Å². The van der Waals surface area contributed by atoms with Crippen LogP contribution >= 0.6 is 38.9 Å². The summed E-state index contributed by atoms with van der Waals surface area (Å²) in [5, 5.41) is 2.69. The van der Waals surface area contributed by atoms with E-state index in [1.807, 2.05) is 24.4 Å². The van der Waals surface area contributed by atoms with Gasteiger partial charge in [-0.2, -0.15) is 0 Å². The van der Waals surface area contributed by atoms with E-state index in [2.05, 4.69) is 25.9 Å². The summed E-state index contributed by atoms with van der Waals surface area (Å²) in [6.45, 7) is 1.96. The normalized spacial score (nSPS) is 13.0. The molecule has 20 heavy (non-hydrogen) atoms. The first-order valence-corrected chi connectivity index (χ1v) is 7.93. The Balaban J connectivity index is 2.15. The first-order chi connectivity index (χ1) is 9.47. The monoisotopic (exact) mass is 371 g/mol. The number of nitrogens with two attached hydrogens (primary N) is 1. The number of hydrogen-bond acceptors (Lipinski definition) is 3. The van der Waals surface area contributed by atoms with Gasteiger partial charge in [0.25, 0.3) is 0 Å². The van der Waals surface area contributed by atoms with Crippen LogP contribution in [0.4, 0.5) is 0 Å². The van der Waals surface area contributed by atoms with Crippen LogP contribution in [-0.4, -0.2) is 9.97 Å². The average molecular weight is 373 g/mol. The van der Waals surface area contributed by atoms with Crippen molar-refractivity contribution in [2.75, 3.05) is 0 Å². The van der Waals surface area contributed by atoms with Crippen LogP contribution in [-0.2, 0) is 0 Å². The quantitative estimate of drug-likeness (QED) is 0.642. The van der Waals surface area contributed by atoms with E-state index >= 15 is 0 Å². The van der Waals surface area contributed by atoms with Gasteiger partial charge >= 0.3 is 5.69 Å². The zero-order valence-corrected chi connectivity index (χ0v) is 13.6. The lowest BCUT2D eigenvalue weighted by atomic mass is 10.0. The van der Waals surface area contributed by atoms with Crippen molar-refractivity contribution < 1.29 is 0 Å². The molecule has 2 heterocycles. The third-order valence-corrected chi connectivity index (χ3v) is 5.66. The number of rotatable bonds is 2. The Morgan fingerprint density at radius 3 is 2.60 bits per heavy atom. The molecule has 1 atom stereocenters. The van der Waals surface area contributed by atoms with Crippen molar-refractivity contribution in [3.05, 3.63) is 53.5 Å². The maximum Gasteiger partial charge on any atom is 0.323 e. The molecule has 0 amide bonds. The first kappa shape index (κ1) is 13.9. The van der Waals surface area contributed by atoms with Crippen molar-refractivity contribution in [2.45, 2.75) is 13.0 Å². The molecular weight excluding hydrogens is 362 g/mol. The van der Waals surface area contributed by atoms with Crippen LogP contribution in [0, 0.1) is 6.92 Å². The minimum absolute atomic E-state index is 0.234. The van der Waals surface area contributed by atoms with E-state index in [-0.39, 0.29) is 11.7 Å². The fourth-order valence-electron chi connectivity index (χ4n) is 2.11. The molecule has 0 aliphatic heterocycles. The lowest BCUT2D eigenvalue weighted by Crippen LogP contribution is -2.11. The van der Waals surface area contributed by atoms with Crippen molar-refractivity contribution in [3.8, 4) is 0 Å². The summed E-state index contributed by atoms with van der Waals surface area (Å²) in [4.78, 5) is 17.7. The van der Waals surface area contributed by atoms with Crippen LogP contribution in [0.5, 0.6) is 0 Å². The number of thiophene rings is 1. The average Bonchev–Trinajstić information content (AvgIpc) is 2.91. The Bertz CT molecular complexity index is 851. The second kappa shape index (κ2) is 5.04. The van der Waals surface area contributed by atoms with Crippen molar-refractivity contribution in [3.63, 3.8) is 0 Å². The van der Waals surface area contributed by atoms with Crippen molar-refractivity contribution >= 4 is 49.9 Å². The van der Waals surface area contributed by atoms with Gasteiger partial charge in [-0.05, 0) is 35.6 Å². The molecule has 0 aliphatic rings. The number of hydrogen-bond donors (Lipinski definition) is 3. The summed E-state index contributed by atoms with van der Waals surface area (Å²) in [7, 11) is 0. The number of imidazole rings is 1. The highest BCUT2D eigenvalue weighted by Crippen LogP contribution is 2.37. The number of fused-ring (bicyclic) bond motifs is 1. The SMILES string of the molecule is Cc1csc(C(N)c2cc3[nH]c(=O)[nH]c3cc2Br)c1Cl. The van der Waals surface area contributed by atoms with E-state index in [4.69, 9.17) is 17.3 Å². The summed E-state index contributed by atoms with van der Waals surface area (Å²) in [6, 6.07) is 3.38. The largest absolute Gasteiger partial charge is 0.323 e. The second-order valence-corrected chi connectivity index (χ2v) is 6.72. The van der Waals surface area contributed by atoms with Crippen LogP contribution in [0.25, 0.3) is 11.0 Å². The number of halogens is 2. The number of aryl methyl sites for hydroxylation is 1. The lowest BCUT2D eigenvalue weighted by molar-refractivity contribution is 0.888. The van der Waals surface area contributed by atoms with Crippen LogP contribution in [0.1, 0.15) is 22.0 Å². The molecule has 0 fully saturated rings. The molecule has 0 aliphatic carbocycles. The molecule has 0 radical (unpaired) electrons. The molecule has 3 aromatic rings. The molecule has 2 aromatic heterocycles. The number of benzene rings is 1. The Kier molecular flexibility index (Phi) is 3.50. The topological polar surface area (TPSA) is 74.7 Å². The summed E-state index contributed by atoms with van der Waals surface area (Å²) in [5.41, 5.74) is 9.47. The van der Waals surface area contributed by atoms with Crippen LogP contribution in [0.3, 0.4) is 0 Å². The third-order valence-electron chi connectivity index (χ3n) is 3.18. The third kappa shape index (κ3) is 2.22. The maximum absolute atomic E-state index is 11.3. The van der Waals surface area contributed by atoms with Gasteiger partial charge in [0.1, 0.15) is 0 Å².